The lowest BCUT2D eigenvalue weighted by atomic mass is 10.3. The first-order valence-electron chi connectivity index (χ1n) is 3.11. The van der Waals surface area contributed by atoms with Crippen LogP contribution >= 0.6 is 0 Å². The van der Waals surface area contributed by atoms with Gasteiger partial charge in [0.15, 0.2) is 0 Å². The largest absolute Gasteiger partial charge is 0.366 e. The molecule has 1 aromatic heterocycles. The first-order chi connectivity index (χ1) is 4.38. The average Bonchev–Trinajstić information content (AvgIpc) is 2.58. The van der Waals surface area contributed by atoms with E-state index in [9.17, 15) is 0 Å². The van der Waals surface area contributed by atoms with Gasteiger partial charge < -0.3 is 9.30 Å². The zero-order valence-corrected chi connectivity index (χ0v) is 5.37. The second kappa shape index (κ2) is 1.61. The molecule has 9 heavy (non-hydrogen) atoms. The third-order valence-electron chi connectivity index (χ3n) is 1.65. The molecule has 1 fully saturated rings. The molecular formula is C7H9NO. The molecule has 1 aliphatic heterocycles. The fraction of sp³-hybridized carbons (Fsp3) is 0.429. The van der Waals surface area contributed by atoms with E-state index in [1.54, 1.807) is 0 Å². The topological polar surface area (TPSA) is 17.5 Å². The molecule has 0 amide bonds. The van der Waals surface area contributed by atoms with E-state index in [4.69, 9.17) is 4.74 Å². The van der Waals surface area contributed by atoms with Crippen LogP contribution in [0.5, 0.6) is 0 Å². The number of aromatic nitrogens is 1. The van der Waals surface area contributed by atoms with E-state index in [1.165, 1.54) is 5.69 Å². The van der Waals surface area contributed by atoms with Crippen LogP contribution < -0.4 is 0 Å². The van der Waals surface area contributed by atoms with Crippen molar-refractivity contribution in [3.8, 4) is 0 Å². The summed E-state index contributed by atoms with van der Waals surface area (Å²) in [6.45, 7) is 0.901. The lowest BCUT2D eigenvalue weighted by molar-refractivity contribution is 0.407. The van der Waals surface area contributed by atoms with Crippen molar-refractivity contribution in [1.82, 2.24) is 4.57 Å². The van der Waals surface area contributed by atoms with Gasteiger partial charge in [0.2, 0.25) is 0 Å². The van der Waals surface area contributed by atoms with E-state index in [-0.39, 0.29) is 0 Å². The van der Waals surface area contributed by atoms with Gasteiger partial charge in [-0.05, 0) is 12.1 Å². The van der Waals surface area contributed by atoms with Crippen molar-refractivity contribution in [2.24, 2.45) is 7.05 Å². The summed E-state index contributed by atoms with van der Waals surface area (Å²) < 4.78 is 7.21. The van der Waals surface area contributed by atoms with Gasteiger partial charge in [-0.1, -0.05) is 0 Å². The lowest BCUT2D eigenvalue weighted by Crippen LogP contribution is -1.91. The van der Waals surface area contributed by atoms with Gasteiger partial charge in [0.1, 0.15) is 6.10 Å². The molecule has 0 bridgehead atoms. The lowest BCUT2D eigenvalue weighted by Gasteiger charge is -1.95. The summed E-state index contributed by atoms with van der Waals surface area (Å²) in [6, 6.07) is 4.13. The number of epoxide rings is 1. The SMILES string of the molecule is Cn1cccc1C1CO1. The van der Waals surface area contributed by atoms with Crippen LogP contribution in [0.4, 0.5) is 0 Å². The maximum absolute atomic E-state index is 5.11. The minimum Gasteiger partial charge on any atom is -0.366 e. The number of hydrogen-bond donors (Lipinski definition) is 0. The minimum atomic E-state index is 0.394. The molecular weight excluding hydrogens is 114 g/mol. The standard InChI is InChI=1S/C7H9NO/c1-8-4-2-3-6(8)7-5-9-7/h2-4,7H,5H2,1H3. The molecule has 0 saturated carbocycles. The molecule has 0 spiro atoms. The number of aryl methyl sites for hydroxylation is 1. The van der Waals surface area contributed by atoms with Crippen LogP contribution in [0.1, 0.15) is 11.8 Å². The molecule has 0 radical (unpaired) electrons. The maximum Gasteiger partial charge on any atom is 0.121 e. The zero-order chi connectivity index (χ0) is 6.27. The Kier molecular flexibility index (Phi) is 0.904. The van der Waals surface area contributed by atoms with Gasteiger partial charge in [-0.15, -0.1) is 0 Å². The predicted octanol–water partition coefficient (Wildman–Crippen LogP) is 1.10. The normalized spacial score (nSPS) is 24.3. The third kappa shape index (κ3) is 0.754. The van der Waals surface area contributed by atoms with Crippen molar-refractivity contribution in [2.75, 3.05) is 6.61 Å². The summed E-state index contributed by atoms with van der Waals surface area (Å²) in [5.74, 6) is 0. The summed E-state index contributed by atoms with van der Waals surface area (Å²) in [5, 5.41) is 0. The summed E-state index contributed by atoms with van der Waals surface area (Å²) in [4.78, 5) is 0. The van der Waals surface area contributed by atoms with Crippen molar-refractivity contribution < 1.29 is 4.74 Å². The van der Waals surface area contributed by atoms with Gasteiger partial charge >= 0.3 is 0 Å². The highest BCUT2D eigenvalue weighted by Crippen LogP contribution is 2.28. The van der Waals surface area contributed by atoms with E-state index >= 15 is 0 Å². The van der Waals surface area contributed by atoms with Gasteiger partial charge in [-0.3, -0.25) is 0 Å². The predicted molar refractivity (Wildman–Crippen MR) is 34.1 cm³/mol. The van der Waals surface area contributed by atoms with E-state index in [0.717, 1.165) is 6.61 Å². The fourth-order valence-electron chi connectivity index (χ4n) is 1.03. The Bertz CT molecular complexity index is 212. The fourth-order valence-corrected chi connectivity index (χ4v) is 1.03. The van der Waals surface area contributed by atoms with Crippen LogP contribution in [0.15, 0.2) is 18.3 Å². The van der Waals surface area contributed by atoms with Crippen molar-refractivity contribution in [3.05, 3.63) is 24.0 Å². The Hall–Kier alpha value is -0.760. The first-order valence-corrected chi connectivity index (χ1v) is 3.11. The van der Waals surface area contributed by atoms with Crippen LogP contribution in [0.3, 0.4) is 0 Å². The summed E-state index contributed by atoms with van der Waals surface area (Å²) in [7, 11) is 2.04. The number of rotatable bonds is 1. The van der Waals surface area contributed by atoms with E-state index in [1.807, 2.05) is 19.3 Å². The Labute approximate surface area is 54.1 Å². The second-order valence-corrected chi connectivity index (χ2v) is 2.37. The molecule has 48 valence electrons. The molecule has 1 aliphatic rings. The highest BCUT2D eigenvalue weighted by Gasteiger charge is 2.26. The summed E-state index contributed by atoms with van der Waals surface area (Å²) in [6.07, 6.45) is 2.43. The summed E-state index contributed by atoms with van der Waals surface area (Å²) >= 11 is 0. The van der Waals surface area contributed by atoms with Crippen LogP contribution in [0, 0.1) is 0 Å². The molecule has 1 aromatic rings. The number of nitrogens with zero attached hydrogens (tertiary/aromatic N) is 1. The Morgan fingerprint density at radius 3 is 3.00 bits per heavy atom. The van der Waals surface area contributed by atoms with Crippen LogP contribution in [-0.4, -0.2) is 11.2 Å². The maximum atomic E-state index is 5.11. The molecule has 0 N–H and O–H groups in total. The highest BCUT2D eigenvalue weighted by molar-refractivity contribution is 5.12. The van der Waals surface area contributed by atoms with Crippen LogP contribution in [0.2, 0.25) is 0 Å². The molecule has 0 aromatic carbocycles. The molecule has 1 saturated heterocycles. The zero-order valence-electron chi connectivity index (χ0n) is 5.37. The number of ether oxygens (including phenoxy) is 1. The molecule has 1 unspecified atom stereocenters. The Morgan fingerprint density at radius 2 is 2.56 bits per heavy atom. The smallest absolute Gasteiger partial charge is 0.121 e. The van der Waals surface area contributed by atoms with Gasteiger partial charge in [0.05, 0.1) is 6.61 Å². The average molecular weight is 123 g/mol. The van der Waals surface area contributed by atoms with E-state index < -0.39 is 0 Å². The molecule has 2 heterocycles. The Morgan fingerprint density at radius 1 is 1.78 bits per heavy atom. The monoisotopic (exact) mass is 123 g/mol. The summed E-state index contributed by atoms with van der Waals surface area (Å²) in [5.41, 5.74) is 1.29. The molecule has 2 rings (SSSR count). The second-order valence-electron chi connectivity index (χ2n) is 2.37. The minimum absolute atomic E-state index is 0.394. The highest BCUT2D eigenvalue weighted by atomic mass is 16.6. The van der Waals surface area contributed by atoms with Crippen LogP contribution in [-0.2, 0) is 11.8 Å². The molecule has 0 aliphatic carbocycles. The first kappa shape index (κ1) is 5.06. The van der Waals surface area contributed by atoms with Crippen LogP contribution in [0.25, 0.3) is 0 Å². The van der Waals surface area contributed by atoms with E-state index in [0.29, 0.717) is 6.10 Å². The van der Waals surface area contributed by atoms with Crippen molar-refractivity contribution in [3.63, 3.8) is 0 Å². The molecule has 1 atom stereocenters. The van der Waals surface area contributed by atoms with Gasteiger partial charge in [-0.25, -0.2) is 0 Å². The Balaban J connectivity index is 2.35. The number of hydrogen-bond acceptors (Lipinski definition) is 1. The van der Waals surface area contributed by atoms with E-state index in [2.05, 4.69) is 10.6 Å². The van der Waals surface area contributed by atoms with Gasteiger partial charge in [-0.2, -0.15) is 0 Å². The quantitative estimate of drug-likeness (QED) is 0.511. The van der Waals surface area contributed by atoms with Crippen molar-refractivity contribution in [2.45, 2.75) is 6.10 Å². The molecule has 2 nitrogen and oxygen atoms in total. The van der Waals surface area contributed by atoms with Gasteiger partial charge in [0.25, 0.3) is 0 Å². The van der Waals surface area contributed by atoms with Crippen molar-refractivity contribution in [1.29, 1.82) is 0 Å². The van der Waals surface area contributed by atoms with Gasteiger partial charge in [0, 0.05) is 18.9 Å². The van der Waals surface area contributed by atoms with Crippen molar-refractivity contribution >= 4 is 0 Å². The molecule has 2 heteroatoms. The third-order valence-corrected chi connectivity index (χ3v) is 1.65.